The molecule has 0 saturated carbocycles. The molecular weight excluding hydrogens is 599 g/mol. The van der Waals surface area contributed by atoms with E-state index in [1.807, 2.05) is 6.07 Å². The predicted octanol–water partition coefficient (Wildman–Crippen LogP) is 12.7. The molecule has 0 saturated heterocycles. The van der Waals surface area contributed by atoms with Crippen molar-refractivity contribution >= 4 is 66.8 Å². The standard InChI is InChI=1S/C45H31N3O/c1-4-15-33(16-5-1)47(34-17-6-2-7-18-34)37-21-14-22-38(31-37)48(35-19-8-3-9-20-35)36-29-27-32(28-30-36)45-46-43-41-25-12-10-23-39(41)40-24-11-13-26-42(40)44(43)49-45/h1-31H. The van der Waals surface area contributed by atoms with Crippen LogP contribution >= 0.6 is 0 Å². The molecule has 0 amide bonds. The van der Waals surface area contributed by atoms with Crippen molar-refractivity contribution in [2.45, 2.75) is 0 Å². The summed E-state index contributed by atoms with van der Waals surface area (Å²) in [5.41, 5.74) is 9.04. The number of benzene rings is 8. The van der Waals surface area contributed by atoms with Crippen molar-refractivity contribution in [3.05, 3.63) is 188 Å². The molecule has 0 atom stereocenters. The first-order valence-electron chi connectivity index (χ1n) is 16.5. The Morgan fingerprint density at radius 2 is 0.755 bits per heavy atom. The zero-order chi connectivity index (χ0) is 32.6. The molecule has 4 heteroatoms. The summed E-state index contributed by atoms with van der Waals surface area (Å²) in [7, 11) is 0. The van der Waals surface area contributed by atoms with E-state index in [1.165, 1.54) is 10.8 Å². The number of anilines is 6. The van der Waals surface area contributed by atoms with E-state index in [0.29, 0.717) is 5.89 Å². The van der Waals surface area contributed by atoms with Gasteiger partial charge in [0.1, 0.15) is 5.52 Å². The van der Waals surface area contributed by atoms with Crippen LogP contribution in [-0.2, 0) is 0 Å². The second kappa shape index (κ2) is 12.2. The first kappa shape index (κ1) is 28.6. The largest absolute Gasteiger partial charge is 0.435 e. The molecule has 0 aliphatic heterocycles. The monoisotopic (exact) mass is 629 g/mol. The number of hydrogen-bond donors (Lipinski definition) is 0. The Bertz CT molecular complexity index is 2430. The number of rotatable bonds is 7. The van der Waals surface area contributed by atoms with E-state index < -0.39 is 0 Å². The molecule has 0 N–H and O–H groups in total. The average molecular weight is 630 g/mol. The van der Waals surface area contributed by atoms with Crippen LogP contribution in [0.5, 0.6) is 0 Å². The Balaban J connectivity index is 1.14. The van der Waals surface area contributed by atoms with Crippen molar-refractivity contribution < 1.29 is 4.42 Å². The van der Waals surface area contributed by atoms with E-state index in [2.05, 4.69) is 192 Å². The molecule has 0 aliphatic rings. The molecule has 49 heavy (non-hydrogen) atoms. The summed E-state index contributed by atoms with van der Waals surface area (Å²) >= 11 is 0. The van der Waals surface area contributed by atoms with Crippen molar-refractivity contribution in [3.8, 4) is 11.5 Å². The fourth-order valence-electron chi connectivity index (χ4n) is 6.80. The summed E-state index contributed by atoms with van der Waals surface area (Å²) in [4.78, 5) is 9.63. The van der Waals surface area contributed by atoms with Crippen LogP contribution in [0.15, 0.2) is 192 Å². The molecule has 1 aromatic heterocycles. The van der Waals surface area contributed by atoms with Crippen molar-refractivity contribution in [1.29, 1.82) is 0 Å². The summed E-state index contributed by atoms with van der Waals surface area (Å²) in [6, 6.07) is 65.5. The molecule has 232 valence electrons. The highest BCUT2D eigenvalue weighted by Gasteiger charge is 2.19. The fraction of sp³-hybridized carbons (Fsp3) is 0. The second-order valence-electron chi connectivity index (χ2n) is 12.0. The lowest BCUT2D eigenvalue weighted by Crippen LogP contribution is -2.13. The Hall–Kier alpha value is -6.65. The first-order chi connectivity index (χ1) is 24.3. The number of fused-ring (bicyclic) bond motifs is 6. The highest BCUT2D eigenvalue weighted by Crippen LogP contribution is 2.41. The third-order valence-electron chi connectivity index (χ3n) is 9.03. The lowest BCUT2D eigenvalue weighted by Gasteiger charge is -2.29. The van der Waals surface area contributed by atoms with Crippen LogP contribution in [0.25, 0.3) is 44.1 Å². The van der Waals surface area contributed by atoms with Crippen molar-refractivity contribution in [3.63, 3.8) is 0 Å². The van der Waals surface area contributed by atoms with Crippen LogP contribution in [0.1, 0.15) is 0 Å². The predicted molar refractivity (Wildman–Crippen MR) is 204 cm³/mol. The molecule has 0 aliphatic carbocycles. The number of hydrogen-bond acceptors (Lipinski definition) is 4. The van der Waals surface area contributed by atoms with E-state index in [4.69, 9.17) is 9.40 Å². The van der Waals surface area contributed by atoms with Gasteiger partial charge in [-0.15, -0.1) is 0 Å². The first-order valence-corrected chi connectivity index (χ1v) is 16.5. The normalized spacial score (nSPS) is 11.3. The molecule has 0 bridgehead atoms. The van der Waals surface area contributed by atoms with Gasteiger partial charge in [0, 0.05) is 50.5 Å². The third kappa shape index (κ3) is 5.16. The quantitative estimate of drug-likeness (QED) is 0.164. The Morgan fingerprint density at radius 3 is 1.29 bits per heavy atom. The van der Waals surface area contributed by atoms with E-state index in [0.717, 1.165) is 61.6 Å². The van der Waals surface area contributed by atoms with Gasteiger partial charge in [0.15, 0.2) is 5.58 Å². The van der Waals surface area contributed by atoms with Crippen LogP contribution in [-0.4, -0.2) is 4.98 Å². The Labute approximate surface area is 284 Å². The summed E-state index contributed by atoms with van der Waals surface area (Å²) in [6.07, 6.45) is 0. The van der Waals surface area contributed by atoms with Crippen LogP contribution in [0, 0.1) is 0 Å². The molecule has 0 fully saturated rings. The number of oxazole rings is 1. The summed E-state index contributed by atoms with van der Waals surface area (Å²) < 4.78 is 6.54. The maximum atomic E-state index is 6.54. The third-order valence-corrected chi connectivity index (χ3v) is 9.03. The molecule has 9 rings (SSSR count). The maximum absolute atomic E-state index is 6.54. The van der Waals surface area contributed by atoms with Gasteiger partial charge in [-0.25, -0.2) is 4.98 Å². The molecular formula is C45H31N3O. The van der Waals surface area contributed by atoms with Crippen LogP contribution < -0.4 is 9.80 Å². The smallest absolute Gasteiger partial charge is 0.227 e. The minimum atomic E-state index is 0.609. The molecule has 8 aromatic carbocycles. The summed E-state index contributed by atoms with van der Waals surface area (Å²) in [6.45, 7) is 0. The minimum absolute atomic E-state index is 0.609. The molecule has 0 unspecified atom stereocenters. The topological polar surface area (TPSA) is 32.5 Å². The molecule has 4 nitrogen and oxygen atoms in total. The van der Waals surface area contributed by atoms with Crippen molar-refractivity contribution in [2.24, 2.45) is 0 Å². The van der Waals surface area contributed by atoms with Gasteiger partial charge in [-0.2, -0.15) is 0 Å². The summed E-state index contributed by atoms with van der Waals surface area (Å²) in [5, 5.41) is 4.52. The van der Waals surface area contributed by atoms with Crippen molar-refractivity contribution in [1.82, 2.24) is 4.98 Å². The summed E-state index contributed by atoms with van der Waals surface area (Å²) in [5.74, 6) is 0.609. The lowest BCUT2D eigenvalue weighted by atomic mass is 10.0. The van der Waals surface area contributed by atoms with Gasteiger partial charge < -0.3 is 14.2 Å². The maximum Gasteiger partial charge on any atom is 0.227 e. The molecule has 0 radical (unpaired) electrons. The number of aromatic nitrogens is 1. The Kier molecular flexibility index (Phi) is 7.10. The van der Waals surface area contributed by atoms with E-state index >= 15 is 0 Å². The van der Waals surface area contributed by atoms with E-state index in [1.54, 1.807) is 0 Å². The van der Waals surface area contributed by atoms with Gasteiger partial charge in [-0.3, -0.25) is 0 Å². The van der Waals surface area contributed by atoms with Gasteiger partial charge >= 0.3 is 0 Å². The molecule has 0 spiro atoms. The molecule has 1 heterocycles. The van der Waals surface area contributed by atoms with E-state index in [9.17, 15) is 0 Å². The number of para-hydroxylation sites is 3. The van der Waals surface area contributed by atoms with Crippen LogP contribution in [0.2, 0.25) is 0 Å². The SMILES string of the molecule is c1ccc(N(c2ccccc2)c2cccc(N(c3ccccc3)c3ccc(-c4nc5c6ccccc6c6ccccc6c5o4)cc3)c2)cc1. The number of nitrogens with zero attached hydrogens (tertiary/aromatic N) is 3. The second-order valence-corrected chi connectivity index (χ2v) is 12.0. The van der Waals surface area contributed by atoms with Gasteiger partial charge in [-0.1, -0.05) is 109 Å². The van der Waals surface area contributed by atoms with Crippen LogP contribution in [0.3, 0.4) is 0 Å². The zero-order valence-electron chi connectivity index (χ0n) is 26.6. The van der Waals surface area contributed by atoms with Gasteiger partial charge in [0.2, 0.25) is 5.89 Å². The highest BCUT2D eigenvalue weighted by molar-refractivity contribution is 6.22. The average Bonchev–Trinajstić information content (AvgIpc) is 3.63. The lowest BCUT2D eigenvalue weighted by molar-refractivity contribution is 0.623. The van der Waals surface area contributed by atoms with Gasteiger partial charge in [0.25, 0.3) is 0 Å². The fourth-order valence-corrected chi connectivity index (χ4v) is 6.80. The highest BCUT2D eigenvalue weighted by atomic mass is 16.3. The van der Waals surface area contributed by atoms with Gasteiger partial charge in [-0.05, 0) is 89.6 Å². The zero-order valence-corrected chi connectivity index (χ0v) is 26.6. The van der Waals surface area contributed by atoms with Crippen LogP contribution in [0.4, 0.5) is 34.1 Å². The molecule has 9 aromatic rings. The van der Waals surface area contributed by atoms with E-state index in [-0.39, 0.29) is 0 Å². The Morgan fingerprint density at radius 1 is 0.347 bits per heavy atom. The van der Waals surface area contributed by atoms with Gasteiger partial charge in [0.05, 0.1) is 0 Å². The van der Waals surface area contributed by atoms with Crippen molar-refractivity contribution in [2.75, 3.05) is 9.80 Å². The minimum Gasteiger partial charge on any atom is -0.435 e.